The summed E-state index contributed by atoms with van der Waals surface area (Å²) in [6.45, 7) is 5.54. The van der Waals surface area contributed by atoms with E-state index in [0.717, 1.165) is 52.7 Å². The molecule has 1 N–H and O–H groups in total. The summed E-state index contributed by atoms with van der Waals surface area (Å²) < 4.78 is 7.53. The molecule has 2 aliphatic rings. The number of amides is 2. The summed E-state index contributed by atoms with van der Waals surface area (Å²) in [5, 5.41) is 4.39. The normalized spacial score (nSPS) is 19.2. The summed E-state index contributed by atoms with van der Waals surface area (Å²) >= 11 is 5.65. The first-order chi connectivity index (χ1) is 17.3. The van der Waals surface area contributed by atoms with E-state index in [1.807, 2.05) is 80.2 Å². The Hall–Kier alpha value is -3.49. The predicted octanol–water partition coefficient (Wildman–Crippen LogP) is 4.16. The zero-order valence-corrected chi connectivity index (χ0v) is 21.6. The van der Waals surface area contributed by atoms with Crippen molar-refractivity contribution in [3.05, 3.63) is 71.0 Å². The van der Waals surface area contributed by atoms with Crippen LogP contribution in [0.15, 0.2) is 54.4 Å². The Bertz CT molecular complexity index is 1390. The Morgan fingerprint density at radius 2 is 2.00 bits per heavy atom. The number of nitrogens with one attached hydrogen (secondary N) is 1. The van der Waals surface area contributed by atoms with Crippen LogP contribution in [-0.4, -0.2) is 52.7 Å². The van der Waals surface area contributed by atoms with Gasteiger partial charge in [-0.1, -0.05) is 24.3 Å². The van der Waals surface area contributed by atoms with Gasteiger partial charge in [0.15, 0.2) is 5.11 Å². The Morgan fingerprint density at radius 1 is 1.19 bits per heavy atom. The summed E-state index contributed by atoms with van der Waals surface area (Å²) in [4.78, 5) is 29.5. The molecule has 0 bridgehead atoms. The van der Waals surface area contributed by atoms with E-state index >= 15 is 0 Å². The summed E-state index contributed by atoms with van der Waals surface area (Å²) in [5.74, 6) is -0.237. The molecule has 36 heavy (non-hydrogen) atoms. The highest BCUT2D eigenvalue weighted by molar-refractivity contribution is 7.80. The molecule has 8 heteroatoms. The number of nitrogens with zero attached hydrogens (tertiary/aromatic N) is 3. The monoisotopic (exact) mass is 502 g/mol. The molecule has 0 spiro atoms. The van der Waals surface area contributed by atoms with Crippen LogP contribution in [0.2, 0.25) is 0 Å². The molecule has 2 saturated heterocycles. The van der Waals surface area contributed by atoms with Crippen molar-refractivity contribution in [3.63, 3.8) is 0 Å². The van der Waals surface area contributed by atoms with Gasteiger partial charge in [0.05, 0.1) is 11.8 Å². The van der Waals surface area contributed by atoms with E-state index in [0.29, 0.717) is 17.4 Å². The van der Waals surface area contributed by atoms with Crippen LogP contribution in [0.5, 0.6) is 0 Å². The Kier molecular flexibility index (Phi) is 6.64. The molecular formula is C28H30N4O3S. The zero-order valence-electron chi connectivity index (χ0n) is 20.8. The van der Waals surface area contributed by atoms with Gasteiger partial charge in [0.25, 0.3) is 5.91 Å². The Morgan fingerprint density at radius 3 is 2.75 bits per heavy atom. The van der Waals surface area contributed by atoms with Gasteiger partial charge in [0.1, 0.15) is 12.2 Å². The lowest BCUT2D eigenvalue weighted by molar-refractivity contribution is -0.122. The van der Waals surface area contributed by atoms with Gasteiger partial charge in [-0.25, -0.2) is 0 Å². The van der Waals surface area contributed by atoms with Gasteiger partial charge >= 0.3 is 0 Å². The second-order valence-corrected chi connectivity index (χ2v) is 9.81. The number of para-hydroxylation sites is 1. The fourth-order valence-corrected chi connectivity index (χ4v) is 5.05. The molecule has 0 radical (unpaired) electrons. The van der Waals surface area contributed by atoms with Crippen LogP contribution >= 0.6 is 12.2 Å². The topological polar surface area (TPSA) is 66.8 Å². The van der Waals surface area contributed by atoms with Gasteiger partial charge in [0.2, 0.25) is 5.91 Å². The minimum absolute atomic E-state index is 0.0680. The highest BCUT2D eigenvalue weighted by Gasteiger charge is 2.37. The number of thiocarbonyl (C=S) groups is 1. The lowest BCUT2D eigenvalue weighted by atomic mass is 10.1. The number of carbonyl (C=O) groups is 2. The van der Waals surface area contributed by atoms with Gasteiger partial charge in [0, 0.05) is 42.9 Å². The lowest BCUT2D eigenvalue weighted by Gasteiger charge is -2.17. The molecule has 7 nitrogen and oxygen atoms in total. The molecule has 3 aromatic rings. The molecule has 2 amide bonds. The van der Waals surface area contributed by atoms with E-state index in [4.69, 9.17) is 17.0 Å². The van der Waals surface area contributed by atoms with Crippen LogP contribution in [0, 0.1) is 13.8 Å². The smallest absolute Gasteiger partial charge is 0.281 e. The van der Waals surface area contributed by atoms with Gasteiger partial charge in [-0.3, -0.25) is 14.5 Å². The van der Waals surface area contributed by atoms with Gasteiger partial charge in [-0.2, -0.15) is 0 Å². The van der Waals surface area contributed by atoms with Crippen LogP contribution in [0.1, 0.15) is 29.5 Å². The highest BCUT2D eigenvalue weighted by atomic mass is 32.1. The average Bonchev–Trinajstić information content (AvgIpc) is 3.56. The minimum Gasteiger partial charge on any atom is -0.376 e. The number of rotatable bonds is 6. The number of benzene rings is 2. The maximum atomic E-state index is 13.5. The molecule has 0 saturated carbocycles. The van der Waals surface area contributed by atoms with Gasteiger partial charge in [-0.05, 0) is 74.3 Å². The van der Waals surface area contributed by atoms with Crippen LogP contribution in [0.25, 0.3) is 17.0 Å². The first-order valence-electron chi connectivity index (χ1n) is 12.2. The molecule has 0 unspecified atom stereocenters. The molecular weight excluding hydrogens is 472 g/mol. The number of likely N-dealkylation sites (N-methyl/N-ethyl adjacent to an activating group) is 1. The molecule has 1 aromatic heterocycles. The third kappa shape index (κ3) is 4.54. The number of ether oxygens (including phenoxy) is 1. The van der Waals surface area contributed by atoms with E-state index in [2.05, 4.69) is 5.32 Å². The van der Waals surface area contributed by atoms with Crippen molar-refractivity contribution in [2.45, 2.75) is 39.3 Å². The van der Waals surface area contributed by atoms with E-state index in [9.17, 15) is 9.59 Å². The van der Waals surface area contributed by atoms with Crippen molar-refractivity contribution in [1.82, 2.24) is 14.8 Å². The lowest BCUT2D eigenvalue weighted by Crippen LogP contribution is -2.34. The van der Waals surface area contributed by atoms with Crippen molar-refractivity contribution in [2.24, 2.45) is 0 Å². The third-order valence-electron chi connectivity index (χ3n) is 6.99. The molecule has 5 rings (SSSR count). The van der Waals surface area contributed by atoms with Crippen molar-refractivity contribution in [2.75, 3.05) is 25.1 Å². The number of aromatic nitrogens is 1. The second kappa shape index (κ2) is 9.87. The fraction of sp³-hybridized carbons (Fsp3) is 0.321. The number of fused-ring (bicyclic) bond motifs is 1. The highest BCUT2D eigenvalue weighted by Crippen LogP contribution is 2.31. The maximum absolute atomic E-state index is 13.5. The van der Waals surface area contributed by atoms with E-state index in [-0.39, 0.29) is 24.5 Å². The van der Waals surface area contributed by atoms with Crippen molar-refractivity contribution >= 4 is 51.8 Å². The Balaban J connectivity index is 1.43. The molecule has 3 heterocycles. The number of aryl methyl sites for hydroxylation is 2. The SMILES string of the molecule is Cc1ccc(N2C(=O)/C(=C/c3cn(CC(=O)NC[C@H]4CCCO4)c4ccccc34)N(C)C2=S)cc1C. The molecule has 1 atom stereocenters. The number of anilines is 1. The van der Waals surface area contributed by atoms with Crippen LogP contribution in [-0.2, 0) is 20.9 Å². The van der Waals surface area contributed by atoms with Gasteiger partial charge < -0.3 is 19.5 Å². The van der Waals surface area contributed by atoms with Crippen LogP contribution in [0.3, 0.4) is 0 Å². The third-order valence-corrected chi connectivity index (χ3v) is 7.44. The molecule has 186 valence electrons. The molecule has 2 aliphatic heterocycles. The largest absolute Gasteiger partial charge is 0.376 e. The second-order valence-electron chi connectivity index (χ2n) is 9.45. The first kappa shape index (κ1) is 24.2. The van der Waals surface area contributed by atoms with Crippen LogP contribution in [0.4, 0.5) is 5.69 Å². The van der Waals surface area contributed by atoms with Crippen molar-refractivity contribution in [3.8, 4) is 0 Å². The number of hydrogen-bond donors (Lipinski definition) is 1. The average molecular weight is 503 g/mol. The molecule has 2 aromatic carbocycles. The standard InChI is InChI=1S/C28H30N4O3S/c1-18-10-11-21(13-19(18)2)32-27(34)25(30(3)28(32)36)14-20-16-31(24-9-5-4-8-23(20)24)17-26(33)29-15-22-7-6-12-35-22/h4-5,8-11,13-14,16,22H,6-7,12,15,17H2,1-3H3,(H,29,33)/b25-14-/t22-/m1/s1. The van der Waals surface area contributed by atoms with E-state index in [1.165, 1.54) is 0 Å². The summed E-state index contributed by atoms with van der Waals surface area (Å²) in [6, 6.07) is 13.8. The van der Waals surface area contributed by atoms with Crippen molar-refractivity contribution < 1.29 is 14.3 Å². The zero-order chi connectivity index (χ0) is 25.4. The molecule has 2 fully saturated rings. The summed E-state index contributed by atoms with van der Waals surface area (Å²) in [7, 11) is 1.81. The first-order valence-corrected chi connectivity index (χ1v) is 12.6. The van der Waals surface area contributed by atoms with Gasteiger partial charge in [-0.15, -0.1) is 0 Å². The minimum atomic E-state index is -0.170. The van der Waals surface area contributed by atoms with Crippen LogP contribution < -0.4 is 10.2 Å². The summed E-state index contributed by atoms with van der Waals surface area (Å²) in [6.07, 6.45) is 5.90. The quantitative estimate of drug-likeness (QED) is 0.405. The summed E-state index contributed by atoms with van der Waals surface area (Å²) in [5.41, 5.74) is 5.30. The Labute approximate surface area is 216 Å². The fourth-order valence-electron chi connectivity index (χ4n) is 4.76. The molecule has 0 aliphatic carbocycles. The van der Waals surface area contributed by atoms with Crippen molar-refractivity contribution in [1.29, 1.82) is 0 Å². The van der Waals surface area contributed by atoms with E-state index < -0.39 is 0 Å². The predicted molar refractivity (Wildman–Crippen MR) is 146 cm³/mol. The maximum Gasteiger partial charge on any atom is 0.281 e. The number of carbonyl (C=O) groups excluding carboxylic acids is 2. The number of hydrogen-bond acceptors (Lipinski definition) is 4. The van der Waals surface area contributed by atoms with E-state index in [1.54, 1.807) is 9.80 Å².